The lowest BCUT2D eigenvalue weighted by atomic mass is 10.2. The molecular formula is C18H18N4O. The van der Waals surface area contributed by atoms with E-state index in [4.69, 9.17) is 0 Å². The average Bonchev–Trinajstić information content (AvgIpc) is 3.06. The number of hydrogen-bond donors (Lipinski definition) is 1. The monoisotopic (exact) mass is 306 g/mol. The molecule has 2 aromatic carbocycles. The second-order valence-corrected chi connectivity index (χ2v) is 5.37. The Morgan fingerprint density at radius 1 is 1.04 bits per heavy atom. The van der Waals surface area contributed by atoms with Crippen LogP contribution in [0.2, 0.25) is 0 Å². The van der Waals surface area contributed by atoms with Crippen LogP contribution in [0.3, 0.4) is 0 Å². The minimum atomic E-state index is -0.179. The van der Waals surface area contributed by atoms with Crippen LogP contribution >= 0.6 is 0 Å². The Morgan fingerprint density at radius 3 is 2.48 bits per heavy atom. The summed E-state index contributed by atoms with van der Waals surface area (Å²) in [5.74, 6) is -0.179. The van der Waals surface area contributed by atoms with Gasteiger partial charge in [0.25, 0.3) is 5.91 Å². The molecule has 116 valence electrons. The van der Waals surface area contributed by atoms with Crippen molar-refractivity contribution >= 4 is 17.3 Å². The van der Waals surface area contributed by atoms with Gasteiger partial charge in [-0.1, -0.05) is 30.3 Å². The van der Waals surface area contributed by atoms with Crippen molar-refractivity contribution in [2.45, 2.75) is 0 Å². The van der Waals surface area contributed by atoms with Crippen LogP contribution in [-0.2, 0) is 0 Å². The largest absolute Gasteiger partial charge is 0.376 e. The first-order valence-corrected chi connectivity index (χ1v) is 7.33. The molecule has 3 rings (SSSR count). The molecule has 0 fully saturated rings. The van der Waals surface area contributed by atoms with E-state index >= 15 is 0 Å². The number of rotatable bonds is 4. The van der Waals surface area contributed by atoms with Gasteiger partial charge in [-0.15, -0.1) is 0 Å². The van der Waals surface area contributed by atoms with Gasteiger partial charge in [0.15, 0.2) is 0 Å². The van der Waals surface area contributed by atoms with E-state index in [1.54, 1.807) is 17.1 Å². The van der Waals surface area contributed by atoms with Crippen molar-refractivity contribution in [3.8, 4) is 5.69 Å². The van der Waals surface area contributed by atoms with Crippen molar-refractivity contribution in [1.29, 1.82) is 0 Å². The van der Waals surface area contributed by atoms with E-state index < -0.39 is 0 Å². The highest BCUT2D eigenvalue weighted by Crippen LogP contribution is 2.24. The number of carbonyl (C=O) groups is 1. The summed E-state index contributed by atoms with van der Waals surface area (Å²) < 4.78 is 1.69. The SMILES string of the molecule is CN(C)c1ccccc1NC(=O)c1cnn(-c2ccccc2)c1. The van der Waals surface area contributed by atoms with Gasteiger partial charge >= 0.3 is 0 Å². The fourth-order valence-corrected chi connectivity index (χ4v) is 2.33. The maximum atomic E-state index is 12.5. The maximum absolute atomic E-state index is 12.5. The first kappa shape index (κ1) is 14.8. The Bertz CT molecular complexity index is 809. The zero-order valence-corrected chi connectivity index (χ0v) is 13.1. The van der Waals surface area contributed by atoms with E-state index in [-0.39, 0.29) is 5.91 Å². The van der Waals surface area contributed by atoms with Crippen LogP contribution in [0.1, 0.15) is 10.4 Å². The topological polar surface area (TPSA) is 50.2 Å². The molecule has 1 N–H and O–H groups in total. The van der Waals surface area contributed by atoms with Crippen LogP contribution in [0.15, 0.2) is 67.0 Å². The fourth-order valence-electron chi connectivity index (χ4n) is 2.33. The van der Waals surface area contributed by atoms with Crippen LogP contribution in [0, 0.1) is 0 Å². The predicted molar refractivity (Wildman–Crippen MR) is 92.3 cm³/mol. The van der Waals surface area contributed by atoms with Crippen molar-refractivity contribution in [3.05, 3.63) is 72.6 Å². The van der Waals surface area contributed by atoms with E-state index in [2.05, 4.69) is 10.4 Å². The Morgan fingerprint density at radius 2 is 1.74 bits per heavy atom. The van der Waals surface area contributed by atoms with Crippen LogP contribution < -0.4 is 10.2 Å². The molecule has 0 saturated carbocycles. The summed E-state index contributed by atoms with van der Waals surface area (Å²) >= 11 is 0. The van der Waals surface area contributed by atoms with Gasteiger partial charge in [-0.05, 0) is 24.3 Å². The Hall–Kier alpha value is -3.08. The van der Waals surface area contributed by atoms with Gasteiger partial charge in [-0.2, -0.15) is 5.10 Å². The average molecular weight is 306 g/mol. The molecule has 1 heterocycles. The Kier molecular flexibility index (Phi) is 4.10. The van der Waals surface area contributed by atoms with Crippen LogP contribution in [-0.4, -0.2) is 29.8 Å². The van der Waals surface area contributed by atoms with E-state index in [1.807, 2.05) is 73.6 Å². The molecule has 0 radical (unpaired) electrons. The molecule has 5 heteroatoms. The first-order valence-electron chi connectivity index (χ1n) is 7.33. The third kappa shape index (κ3) is 3.23. The van der Waals surface area contributed by atoms with Crippen molar-refractivity contribution in [2.24, 2.45) is 0 Å². The van der Waals surface area contributed by atoms with Gasteiger partial charge in [-0.3, -0.25) is 4.79 Å². The number of nitrogens with one attached hydrogen (secondary N) is 1. The quantitative estimate of drug-likeness (QED) is 0.805. The normalized spacial score (nSPS) is 10.3. The minimum absolute atomic E-state index is 0.179. The van der Waals surface area contributed by atoms with E-state index in [0.717, 1.165) is 17.1 Å². The summed E-state index contributed by atoms with van der Waals surface area (Å²) in [6.07, 6.45) is 3.30. The highest BCUT2D eigenvalue weighted by atomic mass is 16.1. The zero-order chi connectivity index (χ0) is 16.2. The molecule has 0 aliphatic carbocycles. The first-order chi connectivity index (χ1) is 11.1. The van der Waals surface area contributed by atoms with Gasteiger partial charge in [0, 0.05) is 20.3 Å². The molecule has 0 atom stereocenters. The van der Waals surface area contributed by atoms with Crippen LogP contribution in [0.5, 0.6) is 0 Å². The lowest BCUT2D eigenvalue weighted by Crippen LogP contribution is -2.16. The van der Waals surface area contributed by atoms with E-state index in [9.17, 15) is 4.79 Å². The maximum Gasteiger partial charge on any atom is 0.258 e. The van der Waals surface area contributed by atoms with E-state index in [1.165, 1.54) is 0 Å². The molecule has 1 aromatic heterocycles. The molecule has 0 saturated heterocycles. The summed E-state index contributed by atoms with van der Waals surface area (Å²) in [7, 11) is 3.89. The second-order valence-electron chi connectivity index (χ2n) is 5.37. The number of amides is 1. The summed E-state index contributed by atoms with van der Waals surface area (Å²) in [4.78, 5) is 14.4. The lowest BCUT2D eigenvalue weighted by molar-refractivity contribution is 0.102. The van der Waals surface area contributed by atoms with Crippen molar-refractivity contribution in [3.63, 3.8) is 0 Å². The highest BCUT2D eigenvalue weighted by molar-refractivity contribution is 6.05. The number of aromatic nitrogens is 2. The molecule has 1 amide bonds. The van der Waals surface area contributed by atoms with Crippen molar-refractivity contribution in [2.75, 3.05) is 24.3 Å². The number of nitrogens with zero attached hydrogens (tertiary/aromatic N) is 3. The van der Waals surface area contributed by atoms with Gasteiger partial charge in [0.2, 0.25) is 0 Å². The Balaban J connectivity index is 1.81. The number of benzene rings is 2. The summed E-state index contributed by atoms with van der Waals surface area (Å²) in [6.45, 7) is 0. The molecular weight excluding hydrogens is 288 g/mol. The van der Waals surface area contributed by atoms with Gasteiger partial charge < -0.3 is 10.2 Å². The molecule has 0 spiro atoms. The minimum Gasteiger partial charge on any atom is -0.376 e. The number of carbonyl (C=O) groups excluding carboxylic acids is 1. The third-order valence-corrected chi connectivity index (χ3v) is 3.50. The molecule has 0 unspecified atom stereocenters. The Labute approximate surface area is 135 Å². The highest BCUT2D eigenvalue weighted by Gasteiger charge is 2.12. The fraction of sp³-hybridized carbons (Fsp3) is 0.111. The summed E-state index contributed by atoms with van der Waals surface area (Å²) in [5, 5.41) is 7.19. The number of anilines is 2. The van der Waals surface area contributed by atoms with Crippen LogP contribution in [0.4, 0.5) is 11.4 Å². The van der Waals surface area contributed by atoms with Gasteiger partial charge in [0.05, 0.1) is 28.8 Å². The number of para-hydroxylation sites is 3. The predicted octanol–water partition coefficient (Wildman–Crippen LogP) is 3.19. The second kappa shape index (κ2) is 6.36. The van der Waals surface area contributed by atoms with Crippen LogP contribution in [0.25, 0.3) is 5.69 Å². The molecule has 5 nitrogen and oxygen atoms in total. The van der Waals surface area contributed by atoms with E-state index in [0.29, 0.717) is 5.56 Å². The lowest BCUT2D eigenvalue weighted by Gasteiger charge is -2.17. The zero-order valence-electron chi connectivity index (χ0n) is 13.1. The van der Waals surface area contributed by atoms with Crippen molar-refractivity contribution in [1.82, 2.24) is 9.78 Å². The third-order valence-electron chi connectivity index (χ3n) is 3.50. The summed E-state index contributed by atoms with van der Waals surface area (Å²) in [5.41, 5.74) is 3.16. The number of hydrogen-bond acceptors (Lipinski definition) is 3. The molecule has 0 bridgehead atoms. The molecule has 0 aliphatic heterocycles. The summed E-state index contributed by atoms with van der Waals surface area (Å²) in [6, 6.07) is 17.4. The molecule has 23 heavy (non-hydrogen) atoms. The molecule has 0 aliphatic rings. The smallest absolute Gasteiger partial charge is 0.258 e. The molecule has 3 aromatic rings. The van der Waals surface area contributed by atoms with Gasteiger partial charge in [0.1, 0.15) is 0 Å². The standard InChI is InChI=1S/C18H18N4O/c1-21(2)17-11-7-6-10-16(17)20-18(23)14-12-19-22(13-14)15-8-4-3-5-9-15/h3-13H,1-2H3,(H,20,23). The van der Waals surface area contributed by atoms with Gasteiger partial charge in [-0.25, -0.2) is 4.68 Å². The van der Waals surface area contributed by atoms with Crippen molar-refractivity contribution < 1.29 is 4.79 Å².